The maximum atomic E-state index is 12.6. The van der Waals surface area contributed by atoms with E-state index in [0.29, 0.717) is 21.8 Å². The van der Waals surface area contributed by atoms with Gasteiger partial charge in [-0.15, -0.1) is 11.3 Å². The highest BCUT2D eigenvalue weighted by Gasteiger charge is 2.34. The van der Waals surface area contributed by atoms with Gasteiger partial charge >= 0.3 is 0 Å². The predicted molar refractivity (Wildman–Crippen MR) is 80.3 cm³/mol. The van der Waals surface area contributed by atoms with E-state index >= 15 is 0 Å². The number of hydrogen-bond donors (Lipinski definition) is 1. The third-order valence-electron chi connectivity index (χ3n) is 3.06. The van der Waals surface area contributed by atoms with Gasteiger partial charge < -0.3 is 5.73 Å². The van der Waals surface area contributed by atoms with Crippen LogP contribution in [0.25, 0.3) is 0 Å². The topological polar surface area (TPSA) is 63.4 Å². The van der Waals surface area contributed by atoms with Crippen LogP contribution in [0.2, 0.25) is 0 Å². The summed E-state index contributed by atoms with van der Waals surface area (Å²) in [7, 11) is -3.45. The minimum Gasteiger partial charge on any atom is -0.329 e. The van der Waals surface area contributed by atoms with E-state index in [1.807, 2.05) is 0 Å². The molecule has 1 aromatic heterocycles. The first-order valence-corrected chi connectivity index (χ1v) is 9.48. The number of rotatable bonds is 3. The van der Waals surface area contributed by atoms with Gasteiger partial charge in [0.25, 0.3) is 0 Å². The summed E-state index contributed by atoms with van der Waals surface area (Å²) in [6.07, 6.45) is 2.79. The maximum Gasteiger partial charge on any atom is 0.245 e. The Kier molecular flexibility index (Phi) is 4.88. The van der Waals surface area contributed by atoms with Gasteiger partial charge in [-0.25, -0.2) is 8.42 Å². The molecule has 2 rings (SSSR count). The van der Waals surface area contributed by atoms with Crippen LogP contribution in [0.3, 0.4) is 0 Å². The lowest BCUT2D eigenvalue weighted by Crippen LogP contribution is -2.47. The van der Waals surface area contributed by atoms with Crippen molar-refractivity contribution in [3.8, 4) is 0 Å². The lowest BCUT2D eigenvalue weighted by atomic mass is 10.1. The smallest absolute Gasteiger partial charge is 0.245 e. The van der Waals surface area contributed by atoms with Gasteiger partial charge in [0.05, 0.1) is 7.57 Å². The summed E-state index contributed by atoms with van der Waals surface area (Å²) in [5.41, 5.74) is 5.69. The molecule has 102 valence electrons. The lowest BCUT2D eigenvalue weighted by molar-refractivity contribution is 0.257. The number of nitrogens with two attached hydrogens (primary N) is 1. The van der Waals surface area contributed by atoms with Crippen molar-refractivity contribution in [3.05, 3.63) is 13.6 Å². The minimum atomic E-state index is -3.45. The molecule has 0 saturated carbocycles. The number of nitrogens with zero attached hydrogens (tertiary/aromatic N) is 1. The predicted octanol–water partition coefficient (Wildman–Crippen LogP) is 2.78. The van der Waals surface area contributed by atoms with Crippen LogP contribution >= 0.6 is 43.2 Å². The van der Waals surface area contributed by atoms with Gasteiger partial charge in [0.2, 0.25) is 10.0 Å². The van der Waals surface area contributed by atoms with Gasteiger partial charge in [0, 0.05) is 19.1 Å². The molecular formula is C10H14Br2N2O2S2. The number of hydrogen-bond acceptors (Lipinski definition) is 4. The van der Waals surface area contributed by atoms with Gasteiger partial charge in [-0.3, -0.25) is 0 Å². The van der Waals surface area contributed by atoms with Crippen molar-refractivity contribution in [1.82, 2.24) is 4.31 Å². The quantitative estimate of drug-likeness (QED) is 0.822. The second-order valence-corrected chi connectivity index (χ2v) is 9.80. The molecule has 0 amide bonds. The zero-order chi connectivity index (χ0) is 13.3. The first-order chi connectivity index (χ1) is 8.46. The van der Waals surface area contributed by atoms with E-state index in [9.17, 15) is 8.42 Å². The lowest BCUT2D eigenvalue weighted by Gasteiger charge is -2.33. The van der Waals surface area contributed by atoms with E-state index in [-0.39, 0.29) is 6.04 Å². The number of halogens is 2. The van der Waals surface area contributed by atoms with Gasteiger partial charge in [0.1, 0.15) is 4.90 Å². The summed E-state index contributed by atoms with van der Waals surface area (Å²) in [5.74, 6) is 0. The fraction of sp³-hybridized carbons (Fsp3) is 0.600. The number of sulfonamides is 1. The average molecular weight is 418 g/mol. The third kappa shape index (κ3) is 2.83. The fourth-order valence-corrected chi connectivity index (χ4v) is 7.62. The zero-order valence-corrected chi connectivity index (χ0v) is 14.4. The Morgan fingerprint density at radius 3 is 2.72 bits per heavy atom. The largest absolute Gasteiger partial charge is 0.329 e. The van der Waals surface area contributed by atoms with Crippen molar-refractivity contribution >= 4 is 53.2 Å². The molecule has 2 heterocycles. The summed E-state index contributed by atoms with van der Waals surface area (Å²) >= 11 is 7.99. The van der Waals surface area contributed by atoms with Crippen LogP contribution in [0.5, 0.6) is 0 Å². The maximum absolute atomic E-state index is 12.6. The average Bonchev–Trinajstić information content (AvgIpc) is 2.69. The normalized spacial score (nSPS) is 22.3. The molecule has 2 N–H and O–H groups in total. The molecule has 1 atom stereocenters. The molecule has 1 aromatic rings. The van der Waals surface area contributed by atoms with Crippen molar-refractivity contribution in [3.63, 3.8) is 0 Å². The third-order valence-corrected chi connectivity index (χ3v) is 7.76. The highest BCUT2D eigenvalue weighted by molar-refractivity contribution is 9.12. The Balaban J connectivity index is 2.38. The second kappa shape index (κ2) is 5.88. The second-order valence-electron chi connectivity index (χ2n) is 4.19. The fourth-order valence-electron chi connectivity index (χ4n) is 2.15. The summed E-state index contributed by atoms with van der Waals surface area (Å²) in [4.78, 5) is 0.333. The van der Waals surface area contributed by atoms with Crippen LogP contribution in [0.1, 0.15) is 19.3 Å². The van der Waals surface area contributed by atoms with Crippen LogP contribution < -0.4 is 5.73 Å². The molecule has 0 aromatic carbocycles. The van der Waals surface area contributed by atoms with Gasteiger partial charge in [0.15, 0.2) is 0 Å². The minimum absolute atomic E-state index is 0.0747. The van der Waals surface area contributed by atoms with E-state index in [4.69, 9.17) is 5.73 Å². The first kappa shape index (κ1) is 14.9. The molecule has 0 bridgehead atoms. The summed E-state index contributed by atoms with van der Waals surface area (Å²) < 4.78 is 28.2. The van der Waals surface area contributed by atoms with Crippen molar-refractivity contribution in [2.75, 3.05) is 13.1 Å². The number of thiophene rings is 1. The molecule has 8 heteroatoms. The molecular weight excluding hydrogens is 404 g/mol. The van der Waals surface area contributed by atoms with Crippen LogP contribution in [0, 0.1) is 0 Å². The molecule has 1 aliphatic heterocycles. The Bertz CT molecular complexity index is 530. The van der Waals surface area contributed by atoms with Gasteiger partial charge in [-0.2, -0.15) is 4.31 Å². The van der Waals surface area contributed by atoms with E-state index in [2.05, 4.69) is 31.9 Å². The van der Waals surface area contributed by atoms with E-state index < -0.39 is 10.0 Å². The molecule has 18 heavy (non-hydrogen) atoms. The molecule has 0 spiro atoms. The summed E-state index contributed by atoms with van der Waals surface area (Å²) in [6, 6.07) is 1.57. The van der Waals surface area contributed by atoms with E-state index in [1.165, 1.54) is 11.3 Å². The molecule has 0 aliphatic carbocycles. The Labute approximate surface area is 128 Å². The molecule has 1 saturated heterocycles. The molecule has 1 fully saturated rings. The van der Waals surface area contributed by atoms with Gasteiger partial charge in [-0.1, -0.05) is 6.42 Å². The Hall–Kier alpha value is 0.530. The standard InChI is InChI=1S/C10H14Br2N2O2S2/c11-9-5-8(10(12)17-9)18(15,16)14-4-2-1-3-7(14)6-13/h5,7H,1-4,6,13H2. The van der Waals surface area contributed by atoms with Crippen LogP contribution in [-0.2, 0) is 10.0 Å². The number of piperidine rings is 1. The van der Waals surface area contributed by atoms with E-state index in [1.54, 1.807) is 10.4 Å². The first-order valence-electron chi connectivity index (χ1n) is 5.63. The van der Waals surface area contributed by atoms with Crippen molar-refractivity contribution in [1.29, 1.82) is 0 Å². The van der Waals surface area contributed by atoms with Crippen molar-refractivity contribution in [2.24, 2.45) is 5.73 Å². The van der Waals surface area contributed by atoms with Crippen molar-refractivity contribution < 1.29 is 8.42 Å². The summed E-state index contributed by atoms with van der Waals surface area (Å²) in [6.45, 7) is 0.937. The highest BCUT2D eigenvalue weighted by atomic mass is 79.9. The van der Waals surface area contributed by atoms with Crippen LogP contribution in [0.15, 0.2) is 18.5 Å². The molecule has 1 unspecified atom stereocenters. The van der Waals surface area contributed by atoms with Gasteiger partial charge in [-0.05, 0) is 50.8 Å². The van der Waals surface area contributed by atoms with Crippen LogP contribution in [-0.4, -0.2) is 31.9 Å². The SMILES string of the molecule is NCC1CCCCN1S(=O)(=O)c1cc(Br)sc1Br. The van der Waals surface area contributed by atoms with E-state index in [0.717, 1.165) is 23.0 Å². The zero-order valence-electron chi connectivity index (χ0n) is 9.60. The highest BCUT2D eigenvalue weighted by Crippen LogP contribution is 2.37. The van der Waals surface area contributed by atoms with Crippen LogP contribution in [0.4, 0.5) is 0 Å². The monoisotopic (exact) mass is 416 g/mol. The molecule has 0 radical (unpaired) electrons. The Morgan fingerprint density at radius 1 is 1.44 bits per heavy atom. The molecule has 1 aliphatic rings. The van der Waals surface area contributed by atoms with Crippen molar-refractivity contribution in [2.45, 2.75) is 30.2 Å². The molecule has 4 nitrogen and oxygen atoms in total. The summed E-state index contributed by atoms with van der Waals surface area (Å²) in [5, 5.41) is 0. The Morgan fingerprint density at radius 2 is 2.17 bits per heavy atom.